The second-order valence-corrected chi connectivity index (χ2v) is 8.86. The Labute approximate surface area is 151 Å². The van der Waals surface area contributed by atoms with Gasteiger partial charge in [-0.1, -0.05) is 12.8 Å². The van der Waals surface area contributed by atoms with Crippen LogP contribution in [0.5, 0.6) is 0 Å². The maximum absolute atomic E-state index is 12.6. The topological polar surface area (TPSA) is 84.2 Å². The number of hydrogen-bond acceptors (Lipinski definition) is 3. The van der Waals surface area contributed by atoms with E-state index in [4.69, 9.17) is 5.73 Å². The minimum atomic E-state index is -0.233. The van der Waals surface area contributed by atoms with Crippen molar-refractivity contribution in [3.05, 3.63) is 0 Å². The summed E-state index contributed by atoms with van der Waals surface area (Å²) in [6, 6.07) is 0.252. The summed E-state index contributed by atoms with van der Waals surface area (Å²) >= 11 is 0. The Morgan fingerprint density at radius 2 is 1.64 bits per heavy atom. The van der Waals surface area contributed by atoms with Crippen LogP contribution in [0.25, 0.3) is 0 Å². The van der Waals surface area contributed by atoms with Crippen LogP contribution in [0.15, 0.2) is 0 Å². The van der Waals surface area contributed by atoms with Gasteiger partial charge in [0.15, 0.2) is 0 Å². The van der Waals surface area contributed by atoms with Crippen molar-refractivity contribution in [2.45, 2.75) is 89.1 Å². The monoisotopic (exact) mass is 349 g/mol. The molecule has 0 saturated heterocycles. The zero-order valence-electron chi connectivity index (χ0n) is 15.7. The smallest absolute Gasteiger partial charge is 0.223 e. The number of hydrogen-bond donors (Lipinski definition) is 3. The Hall–Kier alpha value is -1.10. The quantitative estimate of drug-likeness (QED) is 0.660. The highest BCUT2D eigenvalue weighted by atomic mass is 16.2. The van der Waals surface area contributed by atoms with Crippen LogP contribution in [-0.2, 0) is 9.59 Å². The van der Waals surface area contributed by atoms with E-state index in [1.54, 1.807) is 0 Å². The average molecular weight is 350 g/mol. The van der Waals surface area contributed by atoms with E-state index in [9.17, 15) is 9.59 Å². The molecule has 0 heterocycles. The second-order valence-electron chi connectivity index (χ2n) is 8.86. The number of nitrogens with two attached hydrogens (primary N) is 1. The van der Waals surface area contributed by atoms with Crippen molar-refractivity contribution >= 4 is 11.8 Å². The van der Waals surface area contributed by atoms with Gasteiger partial charge >= 0.3 is 0 Å². The third-order valence-corrected chi connectivity index (χ3v) is 6.72. The summed E-state index contributed by atoms with van der Waals surface area (Å²) < 4.78 is 0. The summed E-state index contributed by atoms with van der Waals surface area (Å²) in [5.41, 5.74) is 5.67. The van der Waals surface area contributed by atoms with E-state index < -0.39 is 0 Å². The van der Waals surface area contributed by atoms with Gasteiger partial charge in [0, 0.05) is 24.9 Å². The van der Waals surface area contributed by atoms with Crippen LogP contribution in [0.3, 0.4) is 0 Å². The van der Waals surface area contributed by atoms with Gasteiger partial charge in [-0.2, -0.15) is 0 Å². The molecule has 3 fully saturated rings. The molecule has 3 rings (SSSR count). The summed E-state index contributed by atoms with van der Waals surface area (Å²) in [4.78, 5) is 24.8. The SMILES string of the molecule is CC(CN)(NC(=O)C1CCC(NC(=O)CC2CCCC2)CC1)C1CC1. The first-order chi connectivity index (χ1) is 12.0. The van der Waals surface area contributed by atoms with E-state index >= 15 is 0 Å². The molecule has 0 aliphatic heterocycles. The van der Waals surface area contributed by atoms with Crippen molar-refractivity contribution in [3.8, 4) is 0 Å². The third kappa shape index (κ3) is 4.96. The maximum Gasteiger partial charge on any atom is 0.223 e. The highest BCUT2D eigenvalue weighted by Gasteiger charge is 2.42. The zero-order chi connectivity index (χ0) is 17.9. The van der Waals surface area contributed by atoms with Crippen LogP contribution in [-0.4, -0.2) is 29.9 Å². The van der Waals surface area contributed by atoms with Gasteiger partial charge in [0.25, 0.3) is 0 Å². The molecule has 0 bridgehead atoms. The van der Waals surface area contributed by atoms with Gasteiger partial charge < -0.3 is 16.4 Å². The van der Waals surface area contributed by atoms with E-state index in [0.717, 1.165) is 25.7 Å². The minimum absolute atomic E-state index is 0.0765. The fraction of sp³-hybridized carbons (Fsp3) is 0.900. The predicted octanol–water partition coefficient (Wildman–Crippen LogP) is 2.49. The zero-order valence-corrected chi connectivity index (χ0v) is 15.7. The number of carbonyl (C=O) groups is 2. The molecule has 25 heavy (non-hydrogen) atoms. The van der Waals surface area contributed by atoms with Crippen LogP contribution >= 0.6 is 0 Å². The molecule has 5 nitrogen and oxygen atoms in total. The Morgan fingerprint density at radius 3 is 2.20 bits per heavy atom. The Morgan fingerprint density at radius 1 is 1.00 bits per heavy atom. The number of rotatable bonds is 7. The second kappa shape index (κ2) is 8.07. The van der Waals surface area contributed by atoms with Gasteiger partial charge in [-0.15, -0.1) is 0 Å². The summed E-state index contributed by atoms with van der Waals surface area (Å²) in [6.07, 6.45) is 11.6. The molecule has 4 N–H and O–H groups in total. The largest absolute Gasteiger partial charge is 0.353 e. The molecule has 3 saturated carbocycles. The first-order valence-electron chi connectivity index (χ1n) is 10.3. The maximum atomic E-state index is 12.6. The Kier molecular flexibility index (Phi) is 6.03. The van der Waals surface area contributed by atoms with Crippen molar-refractivity contribution in [2.24, 2.45) is 23.5 Å². The first-order valence-corrected chi connectivity index (χ1v) is 10.3. The number of amides is 2. The molecule has 0 spiro atoms. The molecule has 0 radical (unpaired) electrons. The van der Waals surface area contributed by atoms with Crippen LogP contribution in [0, 0.1) is 17.8 Å². The van der Waals surface area contributed by atoms with Crippen LogP contribution in [0.4, 0.5) is 0 Å². The lowest BCUT2D eigenvalue weighted by Gasteiger charge is -2.34. The molecule has 3 aliphatic carbocycles. The van der Waals surface area contributed by atoms with Gasteiger partial charge in [-0.05, 0) is 70.1 Å². The molecular weight excluding hydrogens is 314 g/mol. The molecule has 0 aromatic rings. The van der Waals surface area contributed by atoms with Gasteiger partial charge in [0.05, 0.1) is 5.54 Å². The summed E-state index contributed by atoms with van der Waals surface area (Å²) in [5.74, 6) is 1.60. The molecule has 2 amide bonds. The molecule has 3 aliphatic rings. The lowest BCUT2D eigenvalue weighted by atomic mass is 9.84. The van der Waals surface area contributed by atoms with E-state index in [2.05, 4.69) is 17.6 Å². The number of nitrogens with one attached hydrogen (secondary N) is 2. The highest BCUT2D eigenvalue weighted by molar-refractivity contribution is 5.80. The molecular formula is C20H35N3O2. The minimum Gasteiger partial charge on any atom is -0.353 e. The molecule has 5 heteroatoms. The van der Waals surface area contributed by atoms with Gasteiger partial charge in [0.2, 0.25) is 11.8 Å². The Bertz CT molecular complexity index is 477. The first kappa shape index (κ1) is 18.7. The molecule has 1 unspecified atom stereocenters. The van der Waals surface area contributed by atoms with Gasteiger partial charge in [-0.25, -0.2) is 0 Å². The average Bonchev–Trinajstić information content (AvgIpc) is 3.35. The van der Waals surface area contributed by atoms with Crippen molar-refractivity contribution in [3.63, 3.8) is 0 Å². The van der Waals surface area contributed by atoms with Crippen molar-refractivity contribution in [2.75, 3.05) is 6.54 Å². The van der Waals surface area contributed by atoms with Gasteiger partial charge in [0.1, 0.15) is 0 Å². The molecule has 1 atom stereocenters. The van der Waals surface area contributed by atoms with E-state index in [-0.39, 0.29) is 29.3 Å². The lowest BCUT2D eigenvalue weighted by molar-refractivity contribution is -0.128. The molecule has 0 aromatic heterocycles. The number of carbonyl (C=O) groups excluding carboxylic acids is 2. The predicted molar refractivity (Wildman–Crippen MR) is 98.8 cm³/mol. The standard InChI is InChI=1S/C20H35N3O2/c1-20(13-21,16-8-9-16)23-19(25)15-6-10-17(11-7-15)22-18(24)12-14-4-2-3-5-14/h14-17H,2-13,21H2,1H3,(H,22,24)(H,23,25). The molecule has 142 valence electrons. The van der Waals surface area contributed by atoms with E-state index in [1.165, 1.54) is 38.5 Å². The fourth-order valence-corrected chi connectivity index (χ4v) is 4.69. The van der Waals surface area contributed by atoms with Crippen LogP contribution in [0.2, 0.25) is 0 Å². The van der Waals surface area contributed by atoms with Crippen molar-refractivity contribution in [1.29, 1.82) is 0 Å². The summed E-state index contributed by atoms with van der Waals surface area (Å²) in [5, 5.41) is 6.43. The fourth-order valence-electron chi connectivity index (χ4n) is 4.69. The summed E-state index contributed by atoms with van der Waals surface area (Å²) in [6.45, 7) is 2.59. The van der Waals surface area contributed by atoms with Crippen molar-refractivity contribution < 1.29 is 9.59 Å². The van der Waals surface area contributed by atoms with Crippen LogP contribution in [0.1, 0.15) is 77.6 Å². The normalized spacial score (nSPS) is 29.8. The molecule has 0 aromatic carbocycles. The lowest BCUT2D eigenvalue weighted by Crippen LogP contribution is -2.55. The van der Waals surface area contributed by atoms with E-state index in [1.807, 2.05) is 0 Å². The Balaban J connectivity index is 1.39. The van der Waals surface area contributed by atoms with Crippen LogP contribution < -0.4 is 16.4 Å². The van der Waals surface area contributed by atoms with E-state index in [0.29, 0.717) is 24.8 Å². The van der Waals surface area contributed by atoms with Crippen molar-refractivity contribution in [1.82, 2.24) is 10.6 Å². The van der Waals surface area contributed by atoms with Gasteiger partial charge in [-0.3, -0.25) is 9.59 Å². The highest BCUT2D eigenvalue weighted by Crippen LogP contribution is 2.39. The summed E-state index contributed by atoms with van der Waals surface area (Å²) in [7, 11) is 0. The third-order valence-electron chi connectivity index (χ3n) is 6.72.